The molecule has 0 heterocycles. The molecule has 0 bridgehead atoms. The van der Waals surface area contributed by atoms with E-state index in [0.29, 0.717) is 25.8 Å². The second-order valence-electron chi connectivity index (χ2n) is 12.0. The number of carbonyl (C=O) groups excluding carboxylic acids is 3. The first-order valence-corrected chi connectivity index (χ1v) is 17.1. The van der Waals surface area contributed by atoms with Crippen molar-refractivity contribution in [3.8, 4) is 0 Å². The maximum atomic E-state index is 14.0. The van der Waals surface area contributed by atoms with Crippen LogP contribution in [0.3, 0.4) is 0 Å². The molecule has 0 aromatic heterocycles. The zero-order chi connectivity index (χ0) is 31.4. The number of carbonyl (C=O) groups is 3. The van der Waals surface area contributed by atoms with E-state index in [1.807, 2.05) is 14.1 Å². The third-order valence-electron chi connectivity index (χ3n) is 7.94. The average Bonchev–Trinajstić information content (AvgIpc) is 2.96. The summed E-state index contributed by atoms with van der Waals surface area (Å²) < 4.78 is 23.6. The SMILES string of the molecule is CCCCCCCCCCC(CCCCCCC(=O)OC)N(CCCCCC(F)C(=O)OCC)C(=O)CCCN(C)C. The van der Waals surface area contributed by atoms with Crippen LogP contribution in [0.1, 0.15) is 149 Å². The van der Waals surface area contributed by atoms with Crippen LogP contribution in [0.4, 0.5) is 4.39 Å². The van der Waals surface area contributed by atoms with Gasteiger partial charge in [0.1, 0.15) is 0 Å². The number of hydrogen-bond donors (Lipinski definition) is 0. The van der Waals surface area contributed by atoms with Crippen LogP contribution in [0.25, 0.3) is 0 Å². The molecule has 7 nitrogen and oxygen atoms in total. The van der Waals surface area contributed by atoms with Crippen LogP contribution in [-0.4, -0.2) is 80.8 Å². The summed E-state index contributed by atoms with van der Waals surface area (Å²) in [5.74, 6) is -0.701. The first kappa shape index (κ1) is 40.3. The predicted molar refractivity (Wildman–Crippen MR) is 170 cm³/mol. The minimum absolute atomic E-state index is 0.154. The molecule has 0 fully saturated rings. The zero-order valence-corrected chi connectivity index (χ0v) is 27.9. The van der Waals surface area contributed by atoms with Crippen molar-refractivity contribution in [1.29, 1.82) is 0 Å². The van der Waals surface area contributed by atoms with Crippen LogP contribution in [0.5, 0.6) is 0 Å². The third kappa shape index (κ3) is 22.8. The van der Waals surface area contributed by atoms with E-state index in [-0.39, 0.29) is 30.9 Å². The lowest BCUT2D eigenvalue weighted by atomic mass is 9.97. The summed E-state index contributed by atoms with van der Waals surface area (Å²) in [6, 6.07) is 0.214. The molecule has 2 atom stereocenters. The number of ether oxygens (including phenoxy) is 2. The van der Waals surface area contributed by atoms with Gasteiger partial charge < -0.3 is 19.3 Å². The van der Waals surface area contributed by atoms with E-state index < -0.39 is 12.1 Å². The van der Waals surface area contributed by atoms with Crippen molar-refractivity contribution in [3.63, 3.8) is 0 Å². The van der Waals surface area contributed by atoms with Gasteiger partial charge in [0.15, 0.2) is 6.17 Å². The van der Waals surface area contributed by atoms with Gasteiger partial charge >= 0.3 is 11.9 Å². The van der Waals surface area contributed by atoms with E-state index in [0.717, 1.165) is 70.8 Å². The van der Waals surface area contributed by atoms with Gasteiger partial charge in [-0.05, 0) is 72.5 Å². The van der Waals surface area contributed by atoms with E-state index in [2.05, 4.69) is 16.7 Å². The zero-order valence-electron chi connectivity index (χ0n) is 27.9. The Balaban J connectivity index is 5.10. The summed E-state index contributed by atoms with van der Waals surface area (Å²) in [6.07, 6.45) is 18.6. The fraction of sp³-hybridized carbons (Fsp3) is 0.912. The van der Waals surface area contributed by atoms with E-state index >= 15 is 0 Å². The Morgan fingerprint density at radius 3 is 1.79 bits per heavy atom. The molecule has 0 saturated carbocycles. The van der Waals surface area contributed by atoms with Crippen molar-refractivity contribution < 1.29 is 28.2 Å². The molecule has 0 radical (unpaired) electrons. The van der Waals surface area contributed by atoms with Gasteiger partial charge in [-0.3, -0.25) is 9.59 Å². The highest BCUT2D eigenvalue weighted by Gasteiger charge is 2.23. The Morgan fingerprint density at radius 1 is 0.667 bits per heavy atom. The number of methoxy groups -OCH3 is 1. The Bertz CT molecular complexity index is 676. The number of halogens is 1. The van der Waals surface area contributed by atoms with Gasteiger partial charge in [-0.2, -0.15) is 0 Å². The lowest BCUT2D eigenvalue weighted by Crippen LogP contribution is -2.41. The van der Waals surface area contributed by atoms with Crippen LogP contribution < -0.4 is 0 Å². The summed E-state index contributed by atoms with van der Waals surface area (Å²) in [4.78, 5) is 40.8. The normalized spacial score (nSPS) is 12.7. The Hall–Kier alpha value is -1.70. The summed E-state index contributed by atoms with van der Waals surface area (Å²) >= 11 is 0. The molecule has 0 aromatic rings. The summed E-state index contributed by atoms with van der Waals surface area (Å²) in [5.41, 5.74) is 0. The van der Waals surface area contributed by atoms with Crippen molar-refractivity contribution in [1.82, 2.24) is 9.80 Å². The van der Waals surface area contributed by atoms with E-state index in [1.165, 1.54) is 52.1 Å². The van der Waals surface area contributed by atoms with Gasteiger partial charge in [-0.1, -0.05) is 84.0 Å². The van der Waals surface area contributed by atoms with Crippen molar-refractivity contribution >= 4 is 17.8 Å². The number of rotatable bonds is 29. The quantitative estimate of drug-likeness (QED) is 0.0639. The molecule has 0 aliphatic rings. The molecule has 0 rings (SSSR count). The van der Waals surface area contributed by atoms with Crippen molar-refractivity contribution in [2.45, 2.75) is 161 Å². The molecule has 1 amide bonds. The molecular weight excluding hydrogens is 535 g/mol. The summed E-state index contributed by atoms with van der Waals surface area (Å²) in [5, 5.41) is 0. The highest BCUT2D eigenvalue weighted by Crippen LogP contribution is 2.22. The van der Waals surface area contributed by atoms with E-state index in [9.17, 15) is 18.8 Å². The number of esters is 2. The lowest BCUT2D eigenvalue weighted by molar-refractivity contribution is -0.149. The van der Waals surface area contributed by atoms with Gasteiger partial charge in [0.25, 0.3) is 0 Å². The summed E-state index contributed by atoms with van der Waals surface area (Å²) in [7, 11) is 5.49. The first-order valence-electron chi connectivity index (χ1n) is 17.1. The topological polar surface area (TPSA) is 76.1 Å². The van der Waals surface area contributed by atoms with Crippen LogP contribution in [0.15, 0.2) is 0 Å². The molecule has 248 valence electrons. The van der Waals surface area contributed by atoms with Crippen LogP contribution in [0, 0.1) is 0 Å². The number of nitrogens with zero attached hydrogens (tertiary/aromatic N) is 2. The molecule has 8 heteroatoms. The molecule has 0 aromatic carbocycles. The fourth-order valence-corrected chi connectivity index (χ4v) is 5.41. The lowest BCUT2D eigenvalue weighted by Gasteiger charge is -2.33. The minimum atomic E-state index is -1.57. The molecule has 0 N–H and O–H groups in total. The van der Waals surface area contributed by atoms with Crippen molar-refractivity contribution in [2.75, 3.05) is 40.9 Å². The highest BCUT2D eigenvalue weighted by atomic mass is 19.1. The largest absolute Gasteiger partial charge is 0.469 e. The standard InChI is InChI=1S/C34H65FN2O5/c1-6-8-9-10-11-12-13-17-23-30(24-18-14-15-20-27-33(39)41-5)37(32(38)26-22-28-36(3)4)29-21-16-19-25-31(35)34(40)42-7-2/h30-31H,6-29H2,1-5H3. The number of unbranched alkanes of at least 4 members (excludes halogenated alkanes) is 12. The predicted octanol–water partition coefficient (Wildman–Crippen LogP) is 8.03. The Labute approximate surface area is 257 Å². The second kappa shape index (κ2) is 28.1. The summed E-state index contributed by atoms with van der Waals surface area (Å²) in [6.45, 7) is 5.68. The molecule has 0 spiro atoms. The second-order valence-corrected chi connectivity index (χ2v) is 12.0. The maximum Gasteiger partial charge on any atom is 0.340 e. The third-order valence-corrected chi connectivity index (χ3v) is 7.94. The van der Waals surface area contributed by atoms with Crippen LogP contribution in [-0.2, 0) is 23.9 Å². The number of amides is 1. The van der Waals surface area contributed by atoms with Crippen molar-refractivity contribution in [3.05, 3.63) is 0 Å². The Morgan fingerprint density at radius 2 is 1.21 bits per heavy atom. The van der Waals surface area contributed by atoms with Gasteiger partial charge in [-0.15, -0.1) is 0 Å². The van der Waals surface area contributed by atoms with Gasteiger partial charge in [0.05, 0.1) is 13.7 Å². The monoisotopic (exact) mass is 600 g/mol. The molecular formula is C34H65FN2O5. The molecule has 2 unspecified atom stereocenters. The minimum Gasteiger partial charge on any atom is -0.469 e. The number of hydrogen-bond acceptors (Lipinski definition) is 6. The molecule has 0 aliphatic heterocycles. The van der Waals surface area contributed by atoms with Crippen LogP contribution in [0.2, 0.25) is 0 Å². The average molecular weight is 601 g/mol. The molecule has 0 saturated heterocycles. The van der Waals surface area contributed by atoms with Gasteiger partial charge in [-0.25, -0.2) is 9.18 Å². The van der Waals surface area contributed by atoms with E-state index in [4.69, 9.17) is 9.47 Å². The van der Waals surface area contributed by atoms with Crippen LogP contribution >= 0.6 is 0 Å². The Kier molecular flexibility index (Phi) is 27.0. The molecule has 0 aliphatic carbocycles. The molecule has 42 heavy (non-hydrogen) atoms. The fourth-order valence-electron chi connectivity index (χ4n) is 5.41. The number of alkyl halides is 1. The highest BCUT2D eigenvalue weighted by molar-refractivity contribution is 5.76. The maximum absolute atomic E-state index is 14.0. The van der Waals surface area contributed by atoms with Crippen molar-refractivity contribution in [2.24, 2.45) is 0 Å². The van der Waals surface area contributed by atoms with Gasteiger partial charge in [0, 0.05) is 25.4 Å². The van der Waals surface area contributed by atoms with E-state index in [1.54, 1.807) is 6.92 Å². The smallest absolute Gasteiger partial charge is 0.340 e. The van der Waals surface area contributed by atoms with Gasteiger partial charge in [0.2, 0.25) is 5.91 Å². The first-order chi connectivity index (χ1) is 20.3.